The lowest BCUT2D eigenvalue weighted by atomic mass is 10.2. The van der Waals surface area contributed by atoms with Crippen LogP contribution < -0.4 is 10.5 Å². The zero-order valence-electron chi connectivity index (χ0n) is 10.3. The summed E-state index contributed by atoms with van der Waals surface area (Å²) in [4.78, 5) is 1.15. The van der Waals surface area contributed by atoms with Crippen molar-refractivity contribution in [2.75, 3.05) is 7.11 Å². The standard InChI is InChI=1S/C14H13F2NOS/c1-18-11-4-2-9(8-17)14(7-11)19-13-5-3-10(15)6-12(13)16/h2-7H,8,17H2,1H3. The van der Waals surface area contributed by atoms with Crippen molar-refractivity contribution in [3.63, 3.8) is 0 Å². The number of rotatable bonds is 4. The highest BCUT2D eigenvalue weighted by Crippen LogP contribution is 2.34. The Morgan fingerprint density at radius 2 is 1.89 bits per heavy atom. The van der Waals surface area contributed by atoms with Crippen LogP contribution in [0.15, 0.2) is 46.2 Å². The van der Waals surface area contributed by atoms with Crippen LogP contribution in [0.2, 0.25) is 0 Å². The molecule has 0 fully saturated rings. The summed E-state index contributed by atoms with van der Waals surface area (Å²) < 4.78 is 31.6. The molecule has 2 N–H and O–H groups in total. The van der Waals surface area contributed by atoms with E-state index in [9.17, 15) is 8.78 Å². The molecule has 2 nitrogen and oxygen atoms in total. The summed E-state index contributed by atoms with van der Waals surface area (Å²) in [7, 11) is 1.56. The molecule has 2 aromatic rings. The predicted molar refractivity (Wildman–Crippen MR) is 71.4 cm³/mol. The zero-order valence-corrected chi connectivity index (χ0v) is 11.1. The van der Waals surface area contributed by atoms with E-state index in [1.165, 1.54) is 23.9 Å². The Hall–Kier alpha value is -1.59. The molecule has 0 aliphatic carbocycles. The third-order valence-corrected chi connectivity index (χ3v) is 3.76. The van der Waals surface area contributed by atoms with E-state index in [2.05, 4.69) is 0 Å². The van der Waals surface area contributed by atoms with Gasteiger partial charge < -0.3 is 10.5 Å². The molecule has 0 atom stereocenters. The number of methoxy groups -OCH3 is 1. The zero-order chi connectivity index (χ0) is 13.8. The van der Waals surface area contributed by atoms with E-state index < -0.39 is 11.6 Å². The van der Waals surface area contributed by atoms with Crippen molar-refractivity contribution >= 4 is 11.8 Å². The molecule has 0 aliphatic heterocycles. The van der Waals surface area contributed by atoms with E-state index in [4.69, 9.17) is 10.5 Å². The number of benzene rings is 2. The quantitative estimate of drug-likeness (QED) is 0.930. The Morgan fingerprint density at radius 1 is 1.11 bits per heavy atom. The first-order chi connectivity index (χ1) is 9.13. The van der Waals surface area contributed by atoms with Crippen molar-refractivity contribution in [3.05, 3.63) is 53.6 Å². The van der Waals surface area contributed by atoms with Gasteiger partial charge in [-0.2, -0.15) is 0 Å². The summed E-state index contributed by atoms with van der Waals surface area (Å²) in [5.41, 5.74) is 6.53. The summed E-state index contributed by atoms with van der Waals surface area (Å²) in [5.74, 6) is -0.510. The maximum atomic E-state index is 13.6. The fraction of sp³-hybridized carbons (Fsp3) is 0.143. The van der Waals surface area contributed by atoms with Gasteiger partial charge in [0.2, 0.25) is 0 Å². The van der Waals surface area contributed by atoms with Gasteiger partial charge in [0.05, 0.1) is 7.11 Å². The first kappa shape index (κ1) is 13.8. The Bertz CT molecular complexity index is 590. The third-order valence-electron chi connectivity index (χ3n) is 2.61. The highest BCUT2D eigenvalue weighted by atomic mass is 32.2. The largest absolute Gasteiger partial charge is 0.497 e. The van der Waals surface area contributed by atoms with E-state index in [1.807, 2.05) is 6.07 Å². The highest BCUT2D eigenvalue weighted by molar-refractivity contribution is 7.99. The third kappa shape index (κ3) is 3.24. The first-order valence-corrected chi connectivity index (χ1v) is 6.45. The molecule has 0 aromatic heterocycles. The van der Waals surface area contributed by atoms with E-state index in [0.29, 0.717) is 17.2 Å². The number of hydrogen-bond donors (Lipinski definition) is 1. The Labute approximate surface area is 114 Å². The van der Waals surface area contributed by atoms with E-state index in [1.54, 1.807) is 19.2 Å². The number of ether oxygens (including phenoxy) is 1. The fourth-order valence-corrected chi connectivity index (χ4v) is 2.59. The van der Waals surface area contributed by atoms with Crippen LogP contribution in [0.25, 0.3) is 0 Å². The first-order valence-electron chi connectivity index (χ1n) is 5.64. The van der Waals surface area contributed by atoms with Crippen LogP contribution in [-0.2, 0) is 6.54 Å². The topological polar surface area (TPSA) is 35.2 Å². The van der Waals surface area contributed by atoms with Gasteiger partial charge in [0.15, 0.2) is 0 Å². The average Bonchev–Trinajstić information content (AvgIpc) is 2.41. The van der Waals surface area contributed by atoms with Gasteiger partial charge in [-0.3, -0.25) is 0 Å². The van der Waals surface area contributed by atoms with Crippen molar-refractivity contribution in [1.82, 2.24) is 0 Å². The number of nitrogens with two attached hydrogens (primary N) is 1. The lowest BCUT2D eigenvalue weighted by Gasteiger charge is -2.10. The SMILES string of the molecule is COc1ccc(CN)c(Sc2ccc(F)cc2F)c1. The summed E-state index contributed by atoms with van der Waals surface area (Å²) in [6.45, 7) is 0.342. The van der Waals surface area contributed by atoms with Crippen molar-refractivity contribution in [1.29, 1.82) is 0 Å². The van der Waals surface area contributed by atoms with Gasteiger partial charge in [-0.1, -0.05) is 17.8 Å². The van der Waals surface area contributed by atoms with Crippen LogP contribution in [0.4, 0.5) is 8.78 Å². The molecule has 0 saturated carbocycles. The van der Waals surface area contributed by atoms with Crippen LogP contribution in [0.3, 0.4) is 0 Å². The lowest BCUT2D eigenvalue weighted by Crippen LogP contribution is -1.99. The van der Waals surface area contributed by atoms with Crippen LogP contribution >= 0.6 is 11.8 Å². The second-order valence-electron chi connectivity index (χ2n) is 3.85. The van der Waals surface area contributed by atoms with Gasteiger partial charge in [0.1, 0.15) is 17.4 Å². The maximum absolute atomic E-state index is 13.6. The monoisotopic (exact) mass is 281 g/mol. The molecule has 0 saturated heterocycles. The minimum absolute atomic E-state index is 0.342. The van der Waals surface area contributed by atoms with Gasteiger partial charge in [-0.15, -0.1) is 0 Å². The molecule has 100 valence electrons. The highest BCUT2D eigenvalue weighted by Gasteiger charge is 2.09. The molecule has 19 heavy (non-hydrogen) atoms. The molecule has 2 rings (SSSR count). The predicted octanol–water partition coefficient (Wildman–Crippen LogP) is 3.58. The molecular formula is C14H13F2NOS. The van der Waals surface area contributed by atoms with Crippen LogP contribution in [-0.4, -0.2) is 7.11 Å². The average molecular weight is 281 g/mol. The molecule has 0 amide bonds. The van der Waals surface area contributed by atoms with Crippen LogP contribution in [0, 0.1) is 11.6 Å². The van der Waals surface area contributed by atoms with Crippen molar-refractivity contribution in [3.8, 4) is 5.75 Å². The van der Waals surface area contributed by atoms with Gasteiger partial charge in [-0.25, -0.2) is 8.78 Å². The second-order valence-corrected chi connectivity index (χ2v) is 4.94. The van der Waals surface area contributed by atoms with Gasteiger partial charge in [-0.05, 0) is 29.8 Å². The van der Waals surface area contributed by atoms with Gasteiger partial charge in [0.25, 0.3) is 0 Å². The molecule has 0 unspecified atom stereocenters. The van der Waals surface area contributed by atoms with E-state index in [-0.39, 0.29) is 0 Å². The Morgan fingerprint density at radius 3 is 2.53 bits per heavy atom. The molecular weight excluding hydrogens is 268 g/mol. The molecule has 0 aliphatic rings. The summed E-state index contributed by atoms with van der Waals surface area (Å²) in [6, 6.07) is 8.93. The van der Waals surface area contributed by atoms with Gasteiger partial charge in [0, 0.05) is 22.4 Å². The van der Waals surface area contributed by atoms with E-state index in [0.717, 1.165) is 16.5 Å². The molecule has 0 heterocycles. The molecule has 0 spiro atoms. The minimum Gasteiger partial charge on any atom is -0.497 e. The smallest absolute Gasteiger partial charge is 0.140 e. The second kappa shape index (κ2) is 6.04. The summed E-state index contributed by atoms with van der Waals surface area (Å²) in [6.07, 6.45) is 0. The summed E-state index contributed by atoms with van der Waals surface area (Å²) >= 11 is 1.20. The minimum atomic E-state index is -0.591. The Kier molecular flexibility index (Phi) is 4.39. The molecule has 2 aromatic carbocycles. The van der Waals surface area contributed by atoms with Crippen LogP contribution in [0.5, 0.6) is 5.75 Å². The number of halogens is 2. The van der Waals surface area contributed by atoms with Gasteiger partial charge >= 0.3 is 0 Å². The lowest BCUT2D eigenvalue weighted by molar-refractivity contribution is 0.413. The molecule has 0 radical (unpaired) electrons. The van der Waals surface area contributed by atoms with Crippen molar-refractivity contribution in [2.45, 2.75) is 16.3 Å². The van der Waals surface area contributed by atoms with Crippen LogP contribution in [0.1, 0.15) is 5.56 Å². The fourth-order valence-electron chi connectivity index (χ4n) is 1.60. The maximum Gasteiger partial charge on any atom is 0.140 e. The Balaban J connectivity index is 2.36. The van der Waals surface area contributed by atoms with Crippen molar-refractivity contribution < 1.29 is 13.5 Å². The number of hydrogen-bond acceptors (Lipinski definition) is 3. The molecule has 5 heteroatoms. The normalized spacial score (nSPS) is 10.5. The van der Waals surface area contributed by atoms with Crippen molar-refractivity contribution in [2.24, 2.45) is 5.73 Å². The summed E-state index contributed by atoms with van der Waals surface area (Å²) in [5, 5.41) is 0. The van der Waals surface area contributed by atoms with E-state index >= 15 is 0 Å². The molecule has 0 bridgehead atoms.